The Labute approximate surface area is 83.1 Å². The van der Waals surface area contributed by atoms with Gasteiger partial charge in [0.15, 0.2) is 5.11 Å². The Hall–Kier alpha value is -0.400. The second-order valence-corrected chi connectivity index (χ2v) is 5.18. The highest BCUT2D eigenvalue weighted by molar-refractivity contribution is 7.89. The Kier molecular flexibility index (Phi) is 3.46. The zero-order valence-electron chi connectivity index (χ0n) is 7.12. The second kappa shape index (κ2) is 4.21. The molecule has 0 amide bonds. The van der Waals surface area contributed by atoms with Gasteiger partial charge in [0.05, 0.1) is 5.75 Å². The molecule has 76 valence electrons. The van der Waals surface area contributed by atoms with Crippen molar-refractivity contribution in [3.8, 4) is 0 Å². The summed E-state index contributed by atoms with van der Waals surface area (Å²) in [6.07, 6.45) is 2.27. The van der Waals surface area contributed by atoms with Crippen LogP contribution in [-0.2, 0) is 10.0 Å². The standard InChI is InChI=1S/C6H13N3O2S2/c7-13(10,11)4-3-8-6(12)9-5-1-2-5/h5H,1-4H2,(H2,7,10,11)(H2,8,9,12). The van der Waals surface area contributed by atoms with E-state index in [1.54, 1.807) is 0 Å². The number of hydrogen-bond acceptors (Lipinski definition) is 3. The zero-order valence-corrected chi connectivity index (χ0v) is 8.75. The van der Waals surface area contributed by atoms with Crippen molar-refractivity contribution in [1.82, 2.24) is 10.6 Å². The molecule has 0 atom stereocenters. The van der Waals surface area contributed by atoms with E-state index in [1.807, 2.05) is 0 Å². The van der Waals surface area contributed by atoms with Crippen molar-refractivity contribution in [2.75, 3.05) is 12.3 Å². The Balaban J connectivity index is 2.07. The predicted molar refractivity (Wildman–Crippen MR) is 54.7 cm³/mol. The molecule has 4 N–H and O–H groups in total. The summed E-state index contributed by atoms with van der Waals surface area (Å²) in [6, 6.07) is 0.481. The first kappa shape index (κ1) is 10.7. The minimum Gasteiger partial charge on any atom is -0.362 e. The fourth-order valence-electron chi connectivity index (χ4n) is 0.771. The molecule has 0 heterocycles. The first-order valence-electron chi connectivity index (χ1n) is 4.02. The van der Waals surface area contributed by atoms with Crippen LogP contribution >= 0.6 is 12.2 Å². The van der Waals surface area contributed by atoms with Crippen molar-refractivity contribution in [2.24, 2.45) is 5.14 Å². The number of primary sulfonamides is 1. The molecule has 1 rings (SSSR count). The van der Waals surface area contributed by atoms with Crippen LogP contribution in [0.15, 0.2) is 0 Å². The molecule has 1 aliphatic rings. The quantitative estimate of drug-likeness (QED) is 0.527. The van der Waals surface area contributed by atoms with Crippen molar-refractivity contribution in [2.45, 2.75) is 18.9 Å². The molecule has 0 aromatic rings. The summed E-state index contributed by atoms with van der Waals surface area (Å²) < 4.78 is 21.0. The van der Waals surface area contributed by atoms with Gasteiger partial charge in [0, 0.05) is 12.6 Å². The van der Waals surface area contributed by atoms with E-state index in [9.17, 15) is 8.42 Å². The minimum atomic E-state index is -3.38. The topological polar surface area (TPSA) is 84.2 Å². The van der Waals surface area contributed by atoms with Crippen molar-refractivity contribution in [3.63, 3.8) is 0 Å². The lowest BCUT2D eigenvalue weighted by Crippen LogP contribution is -2.39. The molecule has 7 heteroatoms. The molecule has 0 bridgehead atoms. The van der Waals surface area contributed by atoms with E-state index in [0.29, 0.717) is 11.2 Å². The highest BCUT2D eigenvalue weighted by Crippen LogP contribution is 2.18. The van der Waals surface area contributed by atoms with E-state index in [1.165, 1.54) is 0 Å². The fraction of sp³-hybridized carbons (Fsp3) is 0.833. The number of sulfonamides is 1. The predicted octanol–water partition coefficient (Wildman–Crippen LogP) is -1.10. The molecule has 1 saturated carbocycles. The molecule has 1 fully saturated rings. The normalized spacial score (nSPS) is 16.7. The number of nitrogens with two attached hydrogens (primary N) is 1. The summed E-state index contributed by atoms with van der Waals surface area (Å²) >= 11 is 4.90. The van der Waals surface area contributed by atoms with Crippen molar-refractivity contribution in [3.05, 3.63) is 0 Å². The third-order valence-corrected chi connectivity index (χ3v) is 2.62. The summed E-state index contributed by atoms with van der Waals surface area (Å²) in [7, 11) is -3.38. The average Bonchev–Trinajstić information content (AvgIpc) is 2.68. The van der Waals surface area contributed by atoms with Gasteiger partial charge in [0.25, 0.3) is 0 Å². The lowest BCUT2D eigenvalue weighted by atomic mass is 10.7. The van der Waals surface area contributed by atoms with Crippen LogP contribution in [-0.4, -0.2) is 31.9 Å². The van der Waals surface area contributed by atoms with Crippen molar-refractivity contribution in [1.29, 1.82) is 0 Å². The first-order chi connectivity index (χ1) is 5.97. The van der Waals surface area contributed by atoms with Gasteiger partial charge in [0.2, 0.25) is 10.0 Å². The van der Waals surface area contributed by atoms with Gasteiger partial charge in [-0.2, -0.15) is 0 Å². The number of thiocarbonyl (C=S) groups is 1. The molecular formula is C6H13N3O2S2. The van der Waals surface area contributed by atoms with Gasteiger partial charge < -0.3 is 10.6 Å². The second-order valence-electron chi connectivity index (χ2n) is 3.04. The van der Waals surface area contributed by atoms with Gasteiger partial charge in [-0.3, -0.25) is 0 Å². The van der Waals surface area contributed by atoms with Gasteiger partial charge in [-0.1, -0.05) is 0 Å². The average molecular weight is 223 g/mol. The maximum absolute atomic E-state index is 10.5. The van der Waals surface area contributed by atoms with E-state index in [4.69, 9.17) is 17.4 Å². The van der Waals surface area contributed by atoms with Gasteiger partial charge in [0.1, 0.15) is 0 Å². The molecule has 0 aromatic heterocycles. The Morgan fingerprint density at radius 1 is 1.54 bits per heavy atom. The number of nitrogens with one attached hydrogen (secondary N) is 2. The molecule has 0 saturated heterocycles. The summed E-state index contributed by atoms with van der Waals surface area (Å²) in [5, 5.41) is 11.1. The van der Waals surface area contributed by atoms with E-state index in [0.717, 1.165) is 12.8 Å². The molecular weight excluding hydrogens is 210 g/mol. The highest BCUT2D eigenvalue weighted by atomic mass is 32.2. The van der Waals surface area contributed by atoms with E-state index in [-0.39, 0.29) is 12.3 Å². The highest BCUT2D eigenvalue weighted by Gasteiger charge is 2.21. The molecule has 0 aromatic carbocycles. The first-order valence-corrected chi connectivity index (χ1v) is 6.14. The van der Waals surface area contributed by atoms with Gasteiger partial charge in [-0.25, -0.2) is 13.6 Å². The third-order valence-electron chi connectivity index (χ3n) is 1.58. The van der Waals surface area contributed by atoms with Gasteiger partial charge in [-0.05, 0) is 25.1 Å². The van der Waals surface area contributed by atoms with Crippen LogP contribution in [0, 0.1) is 0 Å². The van der Waals surface area contributed by atoms with Crippen LogP contribution in [0.1, 0.15) is 12.8 Å². The molecule has 1 aliphatic carbocycles. The zero-order chi connectivity index (χ0) is 9.90. The maximum Gasteiger partial charge on any atom is 0.210 e. The molecule has 0 aliphatic heterocycles. The Morgan fingerprint density at radius 3 is 2.62 bits per heavy atom. The number of rotatable bonds is 4. The third kappa shape index (κ3) is 5.78. The summed E-state index contributed by atoms with van der Waals surface area (Å²) in [4.78, 5) is 0. The van der Waals surface area contributed by atoms with Crippen LogP contribution in [0.4, 0.5) is 0 Å². The van der Waals surface area contributed by atoms with Crippen molar-refractivity contribution >= 4 is 27.4 Å². The molecule has 0 unspecified atom stereocenters. The summed E-state index contributed by atoms with van der Waals surface area (Å²) in [5.74, 6) is -0.0977. The van der Waals surface area contributed by atoms with Gasteiger partial charge in [-0.15, -0.1) is 0 Å². The van der Waals surface area contributed by atoms with Crippen LogP contribution in [0.3, 0.4) is 0 Å². The van der Waals surface area contributed by atoms with Gasteiger partial charge >= 0.3 is 0 Å². The van der Waals surface area contributed by atoms with Crippen LogP contribution < -0.4 is 15.8 Å². The maximum atomic E-state index is 10.5. The van der Waals surface area contributed by atoms with Crippen LogP contribution in [0.2, 0.25) is 0 Å². The van der Waals surface area contributed by atoms with E-state index < -0.39 is 10.0 Å². The SMILES string of the molecule is NS(=O)(=O)CCNC(=S)NC1CC1. The van der Waals surface area contributed by atoms with Crippen LogP contribution in [0.25, 0.3) is 0 Å². The summed E-state index contributed by atoms with van der Waals surface area (Å²) in [5.41, 5.74) is 0. The lowest BCUT2D eigenvalue weighted by molar-refractivity contribution is 0.596. The number of hydrogen-bond donors (Lipinski definition) is 3. The summed E-state index contributed by atoms with van der Waals surface area (Å²) in [6.45, 7) is 0.261. The van der Waals surface area contributed by atoms with Crippen molar-refractivity contribution < 1.29 is 8.42 Å². The lowest BCUT2D eigenvalue weighted by Gasteiger charge is -2.08. The largest absolute Gasteiger partial charge is 0.362 e. The fourth-order valence-corrected chi connectivity index (χ4v) is 1.43. The molecule has 0 radical (unpaired) electrons. The molecule has 0 spiro atoms. The van der Waals surface area contributed by atoms with E-state index >= 15 is 0 Å². The smallest absolute Gasteiger partial charge is 0.210 e. The molecule has 5 nitrogen and oxygen atoms in total. The van der Waals surface area contributed by atoms with E-state index in [2.05, 4.69) is 10.6 Å². The monoisotopic (exact) mass is 223 g/mol. The van der Waals surface area contributed by atoms with Crippen LogP contribution in [0.5, 0.6) is 0 Å². The Morgan fingerprint density at radius 2 is 2.15 bits per heavy atom. The molecule has 13 heavy (non-hydrogen) atoms. The Bertz CT molecular complexity index is 284. The minimum absolute atomic E-state index is 0.0977.